The number of hydrogen-bond donors (Lipinski definition) is 1. The molecular weight excluding hydrogens is 604 g/mol. The molecule has 0 aliphatic carbocycles. The second-order valence-electron chi connectivity index (χ2n) is 11.6. The molecule has 0 radical (unpaired) electrons. The van der Waals surface area contributed by atoms with Crippen LogP contribution in [0.15, 0.2) is 24.3 Å². The normalized spacial score (nSPS) is 22.5. The topological polar surface area (TPSA) is 108 Å². The number of cyclic esters (lactones) is 1. The van der Waals surface area contributed by atoms with E-state index in [0.717, 1.165) is 5.56 Å². The van der Waals surface area contributed by atoms with Gasteiger partial charge in [0.15, 0.2) is 11.5 Å². The number of methoxy groups -OCH3 is 4. The van der Waals surface area contributed by atoms with E-state index >= 15 is 0 Å². The third kappa shape index (κ3) is 9.12. The van der Waals surface area contributed by atoms with Gasteiger partial charge in [-0.15, -0.1) is 0 Å². The average molecular weight is 650 g/mol. The van der Waals surface area contributed by atoms with E-state index in [1.165, 1.54) is 34.5 Å². The monoisotopic (exact) mass is 649 g/mol. The minimum Gasteiger partial charge on any atom is -0.496 e. The number of alkyl halides is 2. The van der Waals surface area contributed by atoms with E-state index in [9.17, 15) is 18.4 Å². The van der Waals surface area contributed by atoms with E-state index in [2.05, 4.69) is 5.32 Å². The molecule has 2 aliphatic heterocycles. The van der Waals surface area contributed by atoms with Crippen LogP contribution in [0.5, 0.6) is 28.7 Å². The van der Waals surface area contributed by atoms with E-state index in [4.69, 9.17) is 28.4 Å². The summed E-state index contributed by atoms with van der Waals surface area (Å²) in [7, 11) is 5.99. The second-order valence-corrected chi connectivity index (χ2v) is 11.6. The number of ether oxygens (including phenoxy) is 6. The van der Waals surface area contributed by atoms with Crippen LogP contribution in [0.4, 0.5) is 8.78 Å². The number of amides is 1. The van der Waals surface area contributed by atoms with Gasteiger partial charge in [-0.1, -0.05) is 0 Å². The molecule has 254 valence electrons. The highest BCUT2D eigenvalue weighted by molar-refractivity contribution is 5.95. The Hall–Kier alpha value is -3.84. The van der Waals surface area contributed by atoms with Gasteiger partial charge < -0.3 is 33.7 Å². The van der Waals surface area contributed by atoms with Crippen LogP contribution >= 0.6 is 0 Å². The van der Waals surface area contributed by atoms with E-state index in [0.29, 0.717) is 86.2 Å². The molecule has 3 unspecified atom stereocenters. The fraction of sp³-hybridized carbons (Fsp3) is 0.576. The van der Waals surface area contributed by atoms with Gasteiger partial charge in [-0.05, 0) is 56.9 Å². The Kier molecular flexibility index (Phi) is 12.3. The quantitative estimate of drug-likeness (QED) is 0.458. The SMILES string of the molecule is COc1cc(C(=O)NC2CCCOc3cc(cc(OC)c3OC)C(=O)OCCCN3CCN(CC2)CC(F)(F)C3)cc(OC)c1C. The van der Waals surface area contributed by atoms with Crippen LogP contribution in [0, 0.1) is 6.92 Å². The van der Waals surface area contributed by atoms with Crippen molar-refractivity contribution < 1.29 is 46.8 Å². The van der Waals surface area contributed by atoms with Gasteiger partial charge in [0.25, 0.3) is 11.8 Å². The van der Waals surface area contributed by atoms with Crippen LogP contribution in [0.3, 0.4) is 0 Å². The minimum absolute atomic E-state index is 0.0786. The first-order chi connectivity index (χ1) is 22.1. The molecule has 4 bridgehead atoms. The largest absolute Gasteiger partial charge is 0.496 e. The van der Waals surface area contributed by atoms with Gasteiger partial charge in [-0.25, -0.2) is 13.6 Å². The number of rotatable bonds is 6. The third-order valence-electron chi connectivity index (χ3n) is 8.27. The lowest BCUT2D eigenvalue weighted by molar-refractivity contribution is -0.0389. The summed E-state index contributed by atoms with van der Waals surface area (Å²) in [5.41, 5.74) is 1.35. The summed E-state index contributed by atoms with van der Waals surface area (Å²) >= 11 is 0. The molecule has 11 nitrogen and oxygen atoms in total. The van der Waals surface area contributed by atoms with E-state index in [1.54, 1.807) is 28.0 Å². The van der Waals surface area contributed by atoms with Gasteiger partial charge in [0.05, 0.1) is 60.3 Å². The van der Waals surface area contributed by atoms with E-state index in [1.807, 2.05) is 6.92 Å². The van der Waals surface area contributed by atoms with Crippen molar-refractivity contribution in [1.82, 2.24) is 15.1 Å². The van der Waals surface area contributed by atoms with Crippen molar-refractivity contribution in [3.63, 3.8) is 0 Å². The molecule has 0 spiro atoms. The summed E-state index contributed by atoms with van der Waals surface area (Å²) in [6.45, 7) is 3.06. The first-order valence-electron chi connectivity index (χ1n) is 15.5. The molecule has 1 amide bonds. The van der Waals surface area contributed by atoms with Gasteiger partial charge in [0.1, 0.15) is 11.5 Å². The fourth-order valence-corrected chi connectivity index (χ4v) is 5.84. The fourth-order valence-electron chi connectivity index (χ4n) is 5.84. The first kappa shape index (κ1) is 35.0. The summed E-state index contributed by atoms with van der Waals surface area (Å²) in [6.07, 6.45) is 1.87. The molecule has 46 heavy (non-hydrogen) atoms. The van der Waals surface area contributed by atoms with Gasteiger partial charge in [-0.3, -0.25) is 14.6 Å². The standard InChI is InChI=1S/C33H45F2N3O8/c1-22-26(41-2)16-23(17-27(22)42-3)31(39)36-25-8-6-14-45-29-19-24(18-28(43-4)30(29)44-5)32(40)46-15-7-10-37-12-13-38(11-9-25)21-33(34,35)20-37/h16-19,25H,6-15,20-21H2,1-5H3,(H,36,39). The molecule has 1 fully saturated rings. The Morgan fingerprint density at radius 1 is 0.826 bits per heavy atom. The van der Waals surface area contributed by atoms with Crippen molar-refractivity contribution in [1.29, 1.82) is 0 Å². The predicted octanol–water partition coefficient (Wildman–Crippen LogP) is 4.19. The Labute approximate surface area is 269 Å². The number of fused-ring (bicyclic) bond motifs is 5. The number of benzene rings is 2. The third-order valence-corrected chi connectivity index (χ3v) is 8.27. The van der Waals surface area contributed by atoms with Crippen molar-refractivity contribution in [2.45, 2.75) is 44.6 Å². The van der Waals surface area contributed by atoms with Crippen molar-refractivity contribution in [3.05, 3.63) is 41.0 Å². The summed E-state index contributed by atoms with van der Waals surface area (Å²) < 4.78 is 63.3. The van der Waals surface area contributed by atoms with Crippen LogP contribution in [-0.2, 0) is 4.74 Å². The van der Waals surface area contributed by atoms with Crippen LogP contribution in [0.1, 0.15) is 52.0 Å². The summed E-state index contributed by atoms with van der Waals surface area (Å²) in [6, 6.07) is 6.02. The van der Waals surface area contributed by atoms with Gasteiger partial charge in [0, 0.05) is 43.3 Å². The minimum atomic E-state index is -2.91. The number of hydrogen-bond acceptors (Lipinski definition) is 10. The second kappa shape index (κ2) is 16.1. The Morgan fingerprint density at radius 2 is 1.46 bits per heavy atom. The molecule has 0 saturated carbocycles. The maximum Gasteiger partial charge on any atom is 0.338 e. The number of halogens is 2. The molecule has 0 aromatic heterocycles. The lowest BCUT2D eigenvalue weighted by Gasteiger charge is -2.26. The highest BCUT2D eigenvalue weighted by Crippen LogP contribution is 2.39. The Bertz CT molecular complexity index is 1330. The zero-order valence-electron chi connectivity index (χ0n) is 27.3. The lowest BCUT2D eigenvalue weighted by atomic mass is 10.0. The number of esters is 1. The summed E-state index contributed by atoms with van der Waals surface area (Å²) in [5.74, 6) is -1.81. The molecular formula is C33H45F2N3O8. The maximum atomic E-state index is 15.0. The Balaban J connectivity index is 1.58. The predicted molar refractivity (Wildman–Crippen MR) is 167 cm³/mol. The molecule has 2 aromatic carbocycles. The molecule has 1 saturated heterocycles. The van der Waals surface area contributed by atoms with Gasteiger partial charge >= 0.3 is 5.97 Å². The Morgan fingerprint density at radius 3 is 2.09 bits per heavy atom. The van der Waals surface area contributed by atoms with E-state index in [-0.39, 0.29) is 43.8 Å². The van der Waals surface area contributed by atoms with Crippen LogP contribution in [0.25, 0.3) is 0 Å². The molecule has 3 atom stereocenters. The van der Waals surface area contributed by atoms with Crippen LogP contribution in [0.2, 0.25) is 0 Å². The van der Waals surface area contributed by atoms with Crippen molar-refractivity contribution >= 4 is 11.9 Å². The summed E-state index contributed by atoms with van der Waals surface area (Å²) in [4.78, 5) is 29.8. The number of carbonyl (C=O) groups is 2. The van der Waals surface area contributed by atoms with Crippen LogP contribution in [-0.4, -0.2) is 115 Å². The molecule has 13 heteroatoms. The van der Waals surface area contributed by atoms with Gasteiger partial charge in [-0.2, -0.15) is 0 Å². The van der Waals surface area contributed by atoms with Crippen molar-refractivity contribution in [2.75, 3.05) is 80.9 Å². The maximum absolute atomic E-state index is 15.0. The first-order valence-corrected chi connectivity index (χ1v) is 15.5. The summed E-state index contributed by atoms with van der Waals surface area (Å²) in [5, 5.41) is 3.10. The molecule has 2 heterocycles. The molecule has 2 aromatic rings. The van der Waals surface area contributed by atoms with Gasteiger partial charge in [0.2, 0.25) is 5.75 Å². The smallest absolute Gasteiger partial charge is 0.338 e. The average Bonchev–Trinajstić information content (AvgIpc) is 3.19. The lowest BCUT2D eigenvalue weighted by Crippen LogP contribution is -2.42. The zero-order valence-corrected chi connectivity index (χ0v) is 27.3. The highest BCUT2D eigenvalue weighted by Gasteiger charge is 2.37. The highest BCUT2D eigenvalue weighted by atomic mass is 19.3. The van der Waals surface area contributed by atoms with Crippen LogP contribution < -0.4 is 29.0 Å². The molecule has 1 N–H and O–H groups in total. The molecule has 2 aliphatic rings. The van der Waals surface area contributed by atoms with E-state index < -0.39 is 11.9 Å². The van der Waals surface area contributed by atoms with Crippen molar-refractivity contribution in [3.8, 4) is 28.7 Å². The van der Waals surface area contributed by atoms with Crippen molar-refractivity contribution in [2.24, 2.45) is 0 Å². The number of nitrogens with one attached hydrogen (secondary N) is 1. The number of nitrogens with zero attached hydrogens (tertiary/aromatic N) is 2. The molecule has 4 rings (SSSR count). The number of carbonyl (C=O) groups excluding carboxylic acids is 2. The zero-order chi connectivity index (χ0) is 33.3.